The van der Waals surface area contributed by atoms with Gasteiger partial charge in [0.15, 0.2) is 0 Å². The largest absolute Gasteiger partial charge is 0.394 e. The van der Waals surface area contributed by atoms with Crippen molar-refractivity contribution in [2.24, 2.45) is 0 Å². The highest BCUT2D eigenvalue weighted by Gasteiger charge is 2.21. The molecule has 2 unspecified atom stereocenters. The summed E-state index contributed by atoms with van der Waals surface area (Å²) in [5.74, 6) is -1.34. The Morgan fingerprint density at radius 2 is 1.83 bits per heavy atom. The predicted octanol–water partition coefficient (Wildman–Crippen LogP) is 3.34. The van der Waals surface area contributed by atoms with E-state index >= 15 is 0 Å². The number of carbonyl (C=O) groups is 1. The number of aliphatic hydroxyl groups excluding tert-OH is 1. The van der Waals surface area contributed by atoms with E-state index in [0.717, 1.165) is 12.0 Å². The second-order valence-electron chi connectivity index (χ2n) is 5.58. The molecule has 0 heterocycles. The third-order valence-electron chi connectivity index (χ3n) is 4.05. The van der Waals surface area contributed by atoms with Crippen LogP contribution in [0.4, 0.5) is 4.39 Å². The molecule has 0 saturated heterocycles. The molecular weight excluding hydrogens is 293 g/mol. The van der Waals surface area contributed by atoms with Gasteiger partial charge in [0.05, 0.1) is 18.6 Å². The van der Waals surface area contributed by atoms with Gasteiger partial charge in [-0.2, -0.15) is 0 Å². The van der Waals surface area contributed by atoms with Crippen LogP contribution in [0.25, 0.3) is 0 Å². The number of aliphatic hydroxyl groups is 1. The van der Waals surface area contributed by atoms with Crippen molar-refractivity contribution in [3.05, 3.63) is 71.0 Å². The number of nitrogens with one attached hydrogen (secondary N) is 1. The average molecular weight is 315 g/mol. The minimum absolute atomic E-state index is 0.207. The van der Waals surface area contributed by atoms with Crippen LogP contribution in [-0.2, 0) is 11.2 Å². The molecule has 0 radical (unpaired) electrons. The highest BCUT2D eigenvalue weighted by atomic mass is 19.1. The molecule has 0 aromatic heterocycles. The molecule has 0 spiro atoms. The van der Waals surface area contributed by atoms with E-state index < -0.39 is 17.8 Å². The van der Waals surface area contributed by atoms with Gasteiger partial charge in [0.1, 0.15) is 5.82 Å². The lowest BCUT2D eigenvalue weighted by molar-refractivity contribution is -0.123. The van der Waals surface area contributed by atoms with Crippen molar-refractivity contribution in [2.75, 3.05) is 6.61 Å². The van der Waals surface area contributed by atoms with Crippen LogP contribution in [0.1, 0.15) is 42.5 Å². The monoisotopic (exact) mass is 315 g/mol. The molecular formula is C19H22FNO2. The zero-order valence-corrected chi connectivity index (χ0v) is 13.4. The van der Waals surface area contributed by atoms with Gasteiger partial charge < -0.3 is 10.4 Å². The van der Waals surface area contributed by atoms with Gasteiger partial charge in [0.2, 0.25) is 5.91 Å². The number of amides is 1. The third kappa shape index (κ3) is 4.17. The van der Waals surface area contributed by atoms with E-state index in [9.17, 15) is 14.3 Å². The first-order chi connectivity index (χ1) is 11.1. The number of aryl methyl sites for hydroxylation is 1. The molecule has 0 aliphatic rings. The molecule has 0 aliphatic heterocycles. The summed E-state index contributed by atoms with van der Waals surface area (Å²) in [6.45, 7) is 3.51. The van der Waals surface area contributed by atoms with Crippen LogP contribution in [0.5, 0.6) is 0 Å². The van der Waals surface area contributed by atoms with Crippen LogP contribution < -0.4 is 5.32 Å². The molecule has 0 fully saturated rings. The van der Waals surface area contributed by atoms with Gasteiger partial charge in [-0.15, -0.1) is 0 Å². The fourth-order valence-electron chi connectivity index (χ4n) is 2.48. The molecule has 0 bridgehead atoms. The minimum atomic E-state index is -0.625. The summed E-state index contributed by atoms with van der Waals surface area (Å²) in [5.41, 5.74) is 2.37. The SMILES string of the molecule is CCc1ccc(C(CO)NC(=O)C(C)c2ccccc2F)cc1. The van der Waals surface area contributed by atoms with Crippen molar-refractivity contribution in [1.29, 1.82) is 0 Å². The number of halogens is 1. The molecule has 3 nitrogen and oxygen atoms in total. The van der Waals surface area contributed by atoms with Crippen LogP contribution in [0.2, 0.25) is 0 Å². The maximum atomic E-state index is 13.8. The Morgan fingerprint density at radius 3 is 2.39 bits per heavy atom. The summed E-state index contributed by atoms with van der Waals surface area (Å²) in [6.07, 6.45) is 0.931. The molecule has 0 aliphatic carbocycles. The van der Waals surface area contributed by atoms with Gasteiger partial charge >= 0.3 is 0 Å². The summed E-state index contributed by atoms with van der Waals surface area (Å²) in [5, 5.41) is 12.4. The van der Waals surface area contributed by atoms with Crippen LogP contribution in [0, 0.1) is 5.82 Å². The topological polar surface area (TPSA) is 49.3 Å². The first kappa shape index (κ1) is 17.2. The van der Waals surface area contributed by atoms with E-state index in [-0.39, 0.29) is 12.5 Å². The Balaban J connectivity index is 2.11. The highest BCUT2D eigenvalue weighted by molar-refractivity contribution is 5.83. The highest BCUT2D eigenvalue weighted by Crippen LogP contribution is 2.21. The average Bonchev–Trinajstić information content (AvgIpc) is 2.59. The van der Waals surface area contributed by atoms with Crippen molar-refractivity contribution in [3.8, 4) is 0 Å². The Hall–Kier alpha value is -2.20. The van der Waals surface area contributed by atoms with Gasteiger partial charge in [-0.3, -0.25) is 4.79 Å². The normalized spacial score (nSPS) is 13.4. The Kier molecular flexibility index (Phi) is 5.88. The fourth-order valence-corrected chi connectivity index (χ4v) is 2.48. The maximum absolute atomic E-state index is 13.8. The standard InChI is InChI=1S/C19H22FNO2/c1-3-14-8-10-15(11-9-14)18(12-22)21-19(23)13(2)16-6-4-5-7-17(16)20/h4-11,13,18,22H,3,12H2,1-2H3,(H,21,23). The molecule has 0 saturated carbocycles. The van der Waals surface area contributed by atoms with Crippen molar-refractivity contribution < 1.29 is 14.3 Å². The van der Waals surface area contributed by atoms with E-state index in [1.165, 1.54) is 11.6 Å². The first-order valence-corrected chi connectivity index (χ1v) is 7.81. The second-order valence-corrected chi connectivity index (χ2v) is 5.58. The first-order valence-electron chi connectivity index (χ1n) is 7.81. The van der Waals surface area contributed by atoms with Crippen LogP contribution in [0.3, 0.4) is 0 Å². The molecule has 4 heteroatoms. The van der Waals surface area contributed by atoms with E-state index in [4.69, 9.17) is 0 Å². The second kappa shape index (κ2) is 7.88. The van der Waals surface area contributed by atoms with E-state index in [1.54, 1.807) is 25.1 Å². The van der Waals surface area contributed by atoms with Gasteiger partial charge in [0, 0.05) is 0 Å². The zero-order chi connectivity index (χ0) is 16.8. The van der Waals surface area contributed by atoms with Gasteiger partial charge in [-0.25, -0.2) is 4.39 Å². The number of benzene rings is 2. The number of rotatable bonds is 6. The number of hydrogen-bond donors (Lipinski definition) is 2. The molecule has 2 aromatic rings. The smallest absolute Gasteiger partial charge is 0.227 e. The minimum Gasteiger partial charge on any atom is -0.394 e. The van der Waals surface area contributed by atoms with Crippen molar-refractivity contribution >= 4 is 5.91 Å². The molecule has 1 amide bonds. The van der Waals surface area contributed by atoms with Crippen LogP contribution in [-0.4, -0.2) is 17.6 Å². The van der Waals surface area contributed by atoms with Crippen molar-refractivity contribution in [1.82, 2.24) is 5.32 Å². The van der Waals surface area contributed by atoms with Gasteiger partial charge in [-0.1, -0.05) is 49.4 Å². The number of carbonyl (C=O) groups excluding carboxylic acids is 1. The van der Waals surface area contributed by atoms with Crippen molar-refractivity contribution in [3.63, 3.8) is 0 Å². The van der Waals surface area contributed by atoms with Gasteiger partial charge in [0.25, 0.3) is 0 Å². The third-order valence-corrected chi connectivity index (χ3v) is 4.05. The zero-order valence-electron chi connectivity index (χ0n) is 13.4. The lowest BCUT2D eigenvalue weighted by atomic mass is 9.98. The van der Waals surface area contributed by atoms with E-state index in [1.807, 2.05) is 24.3 Å². The summed E-state index contributed by atoms with van der Waals surface area (Å²) in [4.78, 5) is 12.4. The van der Waals surface area contributed by atoms with Gasteiger partial charge in [-0.05, 0) is 36.1 Å². The molecule has 2 rings (SSSR count). The molecule has 122 valence electrons. The van der Waals surface area contributed by atoms with Crippen molar-refractivity contribution in [2.45, 2.75) is 32.2 Å². The Labute approximate surface area is 136 Å². The lowest BCUT2D eigenvalue weighted by Gasteiger charge is -2.20. The van der Waals surface area contributed by atoms with Crippen LogP contribution in [0.15, 0.2) is 48.5 Å². The van der Waals surface area contributed by atoms with E-state index in [2.05, 4.69) is 12.2 Å². The summed E-state index contributed by atoms with van der Waals surface area (Å²) >= 11 is 0. The Bertz CT molecular complexity index is 655. The molecule has 2 atom stereocenters. The summed E-state index contributed by atoms with van der Waals surface area (Å²) in [7, 11) is 0. The summed E-state index contributed by atoms with van der Waals surface area (Å²) < 4.78 is 13.8. The maximum Gasteiger partial charge on any atom is 0.227 e. The lowest BCUT2D eigenvalue weighted by Crippen LogP contribution is -2.34. The summed E-state index contributed by atoms with van der Waals surface area (Å²) in [6, 6.07) is 13.5. The molecule has 2 N–H and O–H groups in total. The molecule has 2 aromatic carbocycles. The van der Waals surface area contributed by atoms with Crippen LogP contribution >= 0.6 is 0 Å². The van der Waals surface area contributed by atoms with E-state index in [0.29, 0.717) is 5.56 Å². The molecule has 23 heavy (non-hydrogen) atoms. The predicted molar refractivity (Wildman–Crippen MR) is 88.6 cm³/mol. The fraction of sp³-hybridized carbons (Fsp3) is 0.316. The number of hydrogen-bond acceptors (Lipinski definition) is 2. The Morgan fingerprint density at radius 1 is 1.17 bits per heavy atom. The quantitative estimate of drug-likeness (QED) is 0.859.